The van der Waals surface area contributed by atoms with Crippen LogP contribution in [0.15, 0.2) is 71.6 Å². The molecule has 0 aromatic heterocycles. The van der Waals surface area contributed by atoms with E-state index in [0.717, 1.165) is 5.56 Å². The van der Waals surface area contributed by atoms with E-state index >= 15 is 0 Å². The molecule has 0 bridgehead atoms. The number of sulfonamides is 1. The highest BCUT2D eigenvalue weighted by Crippen LogP contribution is 2.35. The number of nitrogens with one attached hydrogen (secondary N) is 2. The molecule has 0 saturated heterocycles. The van der Waals surface area contributed by atoms with Gasteiger partial charge in [0.25, 0.3) is 15.9 Å². The summed E-state index contributed by atoms with van der Waals surface area (Å²) in [4.78, 5) is 24.3. The van der Waals surface area contributed by atoms with E-state index in [2.05, 4.69) is 30.8 Å². The van der Waals surface area contributed by atoms with Crippen LogP contribution in [0.5, 0.6) is 0 Å². The van der Waals surface area contributed by atoms with Crippen LogP contribution in [-0.2, 0) is 25.0 Å². The van der Waals surface area contributed by atoms with Crippen LogP contribution in [0.4, 0.5) is 11.4 Å². The van der Waals surface area contributed by atoms with Crippen LogP contribution in [-0.4, -0.2) is 27.4 Å². The fraction of sp³-hybridized carbons (Fsp3) is 0.185. The Hall–Kier alpha value is -3.91. The largest absolute Gasteiger partial charge is 0.465 e. The third kappa shape index (κ3) is 5.12. The normalized spacial score (nSPS) is 14.4. The van der Waals surface area contributed by atoms with Crippen molar-refractivity contribution in [3.63, 3.8) is 0 Å². The highest BCUT2D eigenvalue weighted by atomic mass is 32.2. The minimum atomic E-state index is -3.88. The molecule has 0 saturated carbocycles. The number of rotatable bonds is 5. The predicted molar refractivity (Wildman–Crippen MR) is 137 cm³/mol. The summed E-state index contributed by atoms with van der Waals surface area (Å²) in [5.41, 5.74) is 3.92. The zero-order valence-electron chi connectivity index (χ0n) is 19.9. The Morgan fingerprint density at radius 2 is 1.63 bits per heavy atom. The first kappa shape index (κ1) is 24.2. The van der Waals surface area contributed by atoms with E-state index in [1.165, 1.54) is 19.2 Å². The second kappa shape index (κ2) is 9.03. The molecule has 8 heteroatoms. The van der Waals surface area contributed by atoms with Crippen molar-refractivity contribution in [3.05, 3.63) is 89.0 Å². The number of amides is 1. The molecule has 3 aromatic carbocycles. The van der Waals surface area contributed by atoms with Gasteiger partial charge in [0.2, 0.25) is 0 Å². The Morgan fingerprint density at radius 1 is 0.971 bits per heavy atom. The maximum Gasteiger partial charge on any atom is 0.337 e. The fourth-order valence-corrected chi connectivity index (χ4v) is 4.81. The highest BCUT2D eigenvalue weighted by molar-refractivity contribution is 7.92. The fourth-order valence-electron chi connectivity index (χ4n) is 3.73. The van der Waals surface area contributed by atoms with E-state index in [1.807, 2.05) is 12.1 Å². The molecule has 1 amide bonds. The van der Waals surface area contributed by atoms with Crippen LogP contribution in [0.3, 0.4) is 0 Å². The van der Waals surface area contributed by atoms with Crippen LogP contribution in [0.2, 0.25) is 0 Å². The molecule has 7 nitrogen and oxygen atoms in total. The lowest BCUT2D eigenvalue weighted by molar-refractivity contribution is -0.110. The number of hydrogen-bond donors (Lipinski definition) is 2. The molecule has 0 spiro atoms. The number of esters is 1. The monoisotopic (exact) mass is 490 g/mol. The van der Waals surface area contributed by atoms with Gasteiger partial charge in [0, 0.05) is 22.5 Å². The number of carbonyl (C=O) groups is 2. The van der Waals surface area contributed by atoms with E-state index in [4.69, 9.17) is 4.74 Å². The number of anilines is 2. The summed E-state index contributed by atoms with van der Waals surface area (Å²) in [7, 11) is -2.58. The van der Waals surface area contributed by atoms with Gasteiger partial charge in [-0.15, -0.1) is 0 Å². The molecule has 1 heterocycles. The summed E-state index contributed by atoms with van der Waals surface area (Å²) in [5, 5.41) is 2.76. The van der Waals surface area contributed by atoms with Gasteiger partial charge in [-0.1, -0.05) is 45.0 Å². The summed E-state index contributed by atoms with van der Waals surface area (Å²) in [6, 6.07) is 18.4. The molecule has 1 aliphatic heterocycles. The summed E-state index contributed by atoms with van der Waals surface area (Å²) in [6.07, 6.45) is 1.65. The smallest absolute Gasteiger partial charge is 0.337 e. The Morgan fingerprint density at radius 3 is 2.23 bits per heavy atom. The Balaban J connectivity index is 1.63. The van der Waals surface area contributed by atoms with Crippen molar-refractivity contribution in [1.29, 1.82) is 0 Å². The number of ether oxygens (including phenoxy) is 1. The topological polar surface area (TPSA) is 102 Å². The molecule has 3 aromatic rings. The number of hydrogen-bond acceptors (Lipinski definition) is 5. The molecule has 0 radical (unpaired) electrons. The minimum absolute atomic E-state index is 0.0413. The maximum atomic E-state index is 13.1. The molecule has 35 heavy (non-hydrogen) atoms. The van der Waals surface area contributed by atoms with Crippen molar-refractivity contribution in [2.75, 3.05) is 17.1 Å². The van der Waals surface area contributed by atoms with Crippen molar-refractivity contribution in [2.45, 2.75) is 31.1 Å². The minimum Gasteiger partial charge on any atom is -0.465 e. The summed E-state index contributed by atoms with van der Waals surface area (Å²) >= 11 is 0. The lowest BCUT2D eigenvalue weighted by atomic mass is 9.87. The SMILES string of the molecule is COC(=O)c1ccc(/C=C2/C(=O)Nc3ccc(S(=O)(=O)Nc4ccc(C(C)(C)C)cc4)cc32)cc1. The first-order chi connectivity index (χ1) is 16.5. The molecule has 0 aliphatic carbocycles. The number of methoxy groups -OCH3 is 1. The van der Waals surface area contributed by atoms with Gasteiger partial charge >= 0.3 is 5.97 Å². The summed E-state index contributed by atoms with van der Waals surface area (Å²) < 4.78 is 33.5. The second-order valence-corrected chi connectivity index (χ2v) is 10.9. The van der Waals surface area contributed by atoms with E-state index < -0.39 is 16.0 Å². The van der Waals surface area contributed by atoms with Crippen LogP contribution < -0.4 is 10.0 Å². The third-order valence-corrected chi connectivity index (χ3v) is 7.11. The van der Waals surface area contributed by atoms with Crippen LogP contribution in [0, 0.1) is 0 Å². The molecule has 1 aliphatic rings. The van der Waals surface area contributed by atoms with Crippen molar-refractivity contribution in [1.82, 2.24) is 0 Å². The summed E-state index contributed by atoms with van der Waals surface area (Å²) in [6.45, 7) is 6.26. The third-order valence-electron chi connectivity index (χ3n) is 5.73. The van der Waals surface area contributed by atoms with Crippen molar-refractivity contribution >= 4 is 44.9 Å². The second-order valence-electron chi connectivity index (χ2n) is 9.27. The van der Waals surface area contributed by atoms with E-state index in [1.54, 1.807) is 48.5 Å². The molecular formula is C27H26N2O5S. The lowest BCUT2D eigenvalue weighted by Gasteiger charge is -2.19. The first-order valence-corrected chi connectivity index (χ1v) is 12.5. The van der Waals surface area contributed by atoms with Gasteiger partial charge in [-0.3, -0.25) is 9.52 Å². The molecule has 4 rings (SSSR count). The van der Waals surface area contributed by atoms with Crippen LogP contribution in [0.1, 0.15) is 47.8 Å². The molecule has 0 atom stereocenters. The van der Waals surface area contributed by atoms with Gasteiger partial charge in [-0.25, -0.2) is 13.2 Å². The number of carbonyl (C=O) groups excluding carboxylic acids is 2. The zero-order valence-corrected chi connectivity index (χ0v) is 20.7. The van der Waals surface area contributed by atoms with Crippen LogP contribution in [0.25, 0.3) is 11.6 Å². The van der Waals surface area contributed by atoms with Gasteiger partial charge in [0.15, 0.2) is 0 Å². The molecular weight excluding hydrogens is 464 g/mol. The Bertz CT molecular complexity index is 1430. The summed E-state index contributed by atoms with van der Waals surface area (Å²) in [5.74, 6) is -0.791. The quantitative estimate of drug-likeness (QED) is 0.384. The Labute approximate surface area is 204 Å². The average molecular weight is 491 g/mol. The van der Waals surface area contributed by atoms with Crippen LogP contribution >= 0.6 is 0 Å². The van der Waals surface area contributed by atoms with Gasteiger partial charge in [-0.2, -0.15) is 0 Å². The van der Waals surface area contributed by atoms with Crippen molar-refractivity contribution in [3.8, 4) is 0 Å². The van der Waals surface area contributed by atoms with E-state index in [9.17, 15) is 18.0 Å². The maximum absolute atomic E-state index is 13.1. The Kier molecular flexibility index (Phi) is 6.25. The first-order valence-electron chi connectivity index (χ1n) is 11.0. The van der Waals surface area contributed by atoms with Gasteiger partial charge in [-0.05, 0) is 65.1 Å². The van der Waals surface area contributed by atoms with Gasteiger partial charge in [0.05, 0.1) is 17.6 Å². The number of benzene rings is 3. The molecule has 0 unspecified atom stereocenters. The average Bonchev–Trinajstić information content (AvgIpc) is 3.12. The van der Waals surface area contributed by atoms with E-state index in [-0.39, 0.29) is 16.2 Å². The van der Waals surface area contributed by atoms with Gasteiger partial charge in [0.1, 0.15) is 0 Å². The highest BCUT2D eigenvalue weighted by Gasteiger charge is 2.27. The zero-order chi connectivity index (χ0) is 25.4. The van der Waals surface area contributed by atoms with Crippen molar-refractivity contribution in [2.24, 2.45) is 0 Å². The van der Waals surface area contributed by atoms with Gasteiger partial charge < -0.3 is 10.1 Å². The van der Waals surface area contributed by atoms with Crippen molar-refractivity contribution < 1.29 is 22.7 Å². The number of fused-ring (bicyclic) bond motifs is 1. The molecule has 2 N–H and O–H groups in total. The standard InChI is InChI=1S/C27H26N2O5S/c1-27(2,3)19-9-11-20(12-10-19)29-35(32,33)21-13-14-24-22(16-21)23(25(30)28-24)15-17-5-7-18(8-6-17)26(31)34-4/h5-16,29H,1-4H3,(H,28,30)/b23-15+. The predicted octanol–water partition coefficient (Wildman–Crippen LogP) is 5.06. The lowest BCUT2D eigenvalue weighted by Crippen LogP contribution is -2.14. The molecule has 180 valence electrons. The van der Waals surface area contributed by atoms with E-state index in [0.29, 0.717) is 33.6 Å². The molecule has 0 fully saturated rings.